The summed E-state index contributed by atoms with van der Waals surface area (Å²) in [4.78, 5) is 13.0. The van der Waals surface area contributed by atoms with Gasteiger partial charge in [-0.05, 0) is 38.0 Å². The van der Waals surface area contributed by atoms with Gasteiger partial charge in [-0.1, -0.05) is 6.07 Å². The fourth-order valence-electron chi connectivity index (χ4n) is 2.54. The molecule has 1 unspecified atom stereocenters. The molecule has 2 rings (SSSR count). The zero-order chi connectivity index (χ0) is 16.3. The summed E-state index contributed by atoms with van der Waals surface area (Å²) in [7, 11) is 1.54. The molecule has 1 aromatic heterocycles. The fourth-order valence-corrected chi connectivity index (χ4v) is 3.66. The van der Waals surface area contributed by atoms with Crippen LogP contribution in [0.5, 0.6) is 0 Å². The predicted octanol–water partition coefficient (Wildman–Crippen LogP) is 2.87. The van der Waals surface area contributed by atoms with Gasteiger partial charge >= 0.3 is 0 Å². The quantitative estimate of drug-likeness (QED) is 0.858. The van der Waals surface area contributed by atoms with Crippen LogP contribution in [0.1, 0.15) is 28.6 Å². The van der Waals surface area contributed by atoms with Gasteiger partial charge in [0.05, 0.1) is 17.0 Å². The number of hydrogen-bond acceptors (Lipinski definition) is 4. The molecule has 120 valence electrons. The Morgan fingerprint density at radius 3 is 2.82 bits per heavy atom. The number of methoxy groups -OCH3 is 1. The number of rotatable bonds is 6. The van der Waals surface area contributed by atoms with Crippen LogP contribution in [-0.2, 0) is 4.74 Å². The van der Waals surface area contributed by atoms with E-state index in [2.05, 4.69) is 5.32 Å². The zero-order valence-electron chi connectivity index (χ0n) is 12.9. The van der Waals surface area contributed by atoms with E-state index in [0.717, 1.165) is 4.70 Å². The van der Waals surface area contributed by atoms with Crippen LogP contribution in [0.15, 0.2) is 18.2 Å². The third kappa shape index (κ3) is 3.29. The standard InChI is InChI=1S/C16H20FNO3S/c1-10-13-11(17)5-4-6-12(13)22-14(10)15(20)18-16(2,7-8-19)9-21-3/h4-6,19H,7-9H2,1-3H3,(H,18,20). The third-order valence-corrected chi connectivity index (χ3v) is 4.91. The lowest BCUT2D eigenvalue weighted by Crippen LogP contribution is -2.50. The predicted molar refractivity (Wildman–Crippen MR) is 86.0 cm³/mol. The van der Waals surface area contributed by atoms with Gasteiger partial charge in [0.2, 0.25) is 0 Å². The molecular weight excluding hydrogens is 305 g/mol. The summed E-state index contributed by atoms with van der Waals surface area (Å²) in [5.41, 5.74) is -0.0266. The largest absolute Gasteiger partial charge is 0.396 e. The normalized spacial score (nSPS) is 14.0. The van der Waals surface area contributed by atoms with E-state index in [1.54, 1.807) is 26.2 Å². The number of amides is 1. The fraction of sp³-hybridized carbons (Fsp3) is 0.438. The second-order valence-electron chi connectivity index (χ2n) is 5.59. The van der Waals surface area contributed by atoms with Gasteiger partial charge in [0.15, 0.2) is 0 Å². The molecule has 0 fully saturated rings. The highest BCUT2D eigenvalue weighted by Gasteiger charge is 2.28. The lowest BCUT2D eigenvalue weighted by atomic mass is 9.99. The number of aliphatic hydroxyl groups is 1. The highest BCUT2D eigenvalue weighted by molar-refractivity contribution is 7.21. The number of aliphatic hydroxyl groups excluding tert-OH is 1. The van der Waals surface area contributed by atoms with Gasteiger partial charge in [0, 0.05) is 23.8 Å². The number of ether oxygens (including phenoxy) is 1. The molecule has 0 spiro atoms. The molecule has 1 amide bonds. The minimum absolute atomic E-state index is 0.0554. The Balaban J connectivity index is 2.33. The first-order valence-corrected chi connectivity index (χ1v) is 7.83. The first-order chi connectivity index (χ1) is 10.4. The maximum atomic E-state index is 13.9. The summed E-state index contributed by atoms with van der Waals surface area (Å²) < 4.78 is 19.8. The number of halogens is 1. The van der Waals surface area contributed by atoms with Gasteiger partial charge in [0.1, 0.15) is 5.82 Å². The van der Waals surface area contributed by atoms with Crippen LogP contribution < -0.4 is 5.32 Å². The van der Waals surface area contributed by atoms with Gasteiger partial charge in [-0.3, -0.25) is 4.79 Å². The van der Waals surface area contributed by atoms with E-state index in [-0.39, 0.29) is 24.9 Å². The van der Waals surface area contributed by atoms with Crippen LogP contribution in [0.4, 0.5) is 4.39 Å². The van der Waals surface area contributed by atoms with Gasteiger partial charge in [-0.2, -0.15) is 0 Å². The average Bonchev–Trinajstić information content (AvgIpc) is 2.78. The molecule has 0 aliphatic heterocycles. The molecule has 0 bridgehead atoms. The summed E-state index contributed by atoms with van der Waals surface area (Å²) in [5.74, 6) is -0.591. The minimum atomic E-state index is -0.665. The number of carbonyl (C=O) groups excluding carboxylic acids is 1. The van der Waals surface area contributed by atoms with Crippen molar-refractivity contribution in [3.63, 3.8) is 0 Å². The second kappa shape index (κ2) is 6.73. The van der Waals surface area contributed by atoms with E-state index in [4.69, 9.17) is 9.84 Å². The summed E-state index contributed by atoms with van der Waals surface area (Å²) in [5, 5.41) is 12.6. The Labute approximate surface area is 132 Å². The van der Waals surface area contributed by atoms with Crippen molar-refractivity contribution in [3.05, 3.63) is 34.5 Å². The highest BCUT2D eigenvalue weighted by atomic mass is 32.1. The van der Waals surface area contributed by atoms with Gasteiger partial charge in [0.25, 0.3) is 5.91 Å². The number of nitrogens with one attached hydrogen (secondary N) is 1. The smallest absolute Gasteiger partial charge is 0.262 e. The summed E-state index contributed by atoms with van der Waals surface area (Å²) in [6.07, 6.45) is 0.380. The monoisotopic (exact) mass is 325 g/mol. The molecule has 4 nitrogen and oxygen atoms in total. The topological polar surface area (TPSA) is 58.6 Å². The van der Waals surface area contributed by atoms with Crippen LogP contribution in [0.3, 0.4) is 0 Å². The SMILES string of the molecule is COCC(C)(CCO)NC(=O)c1sc2cccc(F)c2c1C. The van der Waals surface area contributed by atoms with Crippen LogP contribution >= 0.6 is 11.3 Å². The van der Waals surface area contributed by atoms with Crippen molar-refractivity contribution >= 4 is 27.3 Å². The average molecular weight is 325 g/mol. The number of fused-ring (bicyclic) bond motifs is 1. The van der Waals surface area contributed by atoms with Crippen LogP contribution in [0, 0.1) is 12.7 Å². The van der Waals surface area contributed by atoms with Crippen LogP contribution in [-0.4, -0.2) is 36.9 Å². The molecular formula is C16H20FNO3S. The molecule has 1 atom stereocenters. The molecule has 0 aliphatic carbocycles. The van der Waals surface area contributed by atoms with Crippen LogP contribution in [0.2, 0.25) is 0 Å². The van der Waals surface area contributed by atoms with Crippen molar-refractivity contribution in [2.75, 3.05) is 20.3 Å². The molecule has 2 N–H and O–H groups in total. The maximum Gasteiger partial charge on any atom is 0.262 e. The number of carbonyl (C=O) groups is 1. The van der Waals surface area contributed by atoms with Crippen molar-refractivity contribution in [1.29, 1.82) is 0 Å². The number of aryl methyl sites for hydroxylation is 1. The summed E-state index contributed by atoms with van der Waals surface area (Å²) in [6.45, 7) is 3.79. The molecule has 6 heteroatoms. The van der Waals surface area contributed by atoms with Gasteiger partial charge < -0.3 is 15.2 Å². The van der Waals surface area contributed by atoms with Crippen molar-refractivity contribution in [3.8, 4) is 0 Å². The molecule has 0 saturated carbocycles. The van der Waals surface area contributed by atoms with Crippen LogP contribution in [0.25, 0.3) is 10.1 Å². The van der Waals surface area contributed by atoms with E-state index in [0.29, 0.717) is 22.2 Å². The second-order valence-corrected chi connectivity index (χ2v) is 6.64. The first kappa shape index (κ1) is 16.9. The van der Waals surface area contributed by atoms with E-state index < -0.39 is 5.54 Å². The molecule has 0 radical (unpaired) electrons. The van der Waals surface area contributed by atoms with Crippen molar-refractivity contribution in [2.45, 2.75) is 25.8 Å². The summed E-state index contributed by atoms with van der Waals surface area (Å²) in [6, 6.07) is 4.83. The van der Waals surface area contributed by atoms with Crippen molar-refractivity contribution in [2.24, 2.45) is 0 Å². The Kier molecular flexibility index (Phi) is 5.16. The molecule has 1 aromatic carbocycles. The van der Waals surface area contributed by atoms with E-state index in [9.17, 15) is 9.18 Å². The Morgan fingerprint density at radius 2 is 2.23 bits per heavy atom. The molecule has 1 heterocycles. The Hall–Kier alpha value is -1.50. The van der Waals surface area contributed by atoms with E-state index in [1.165, 1.54) is 17.4 Å². The van der Waals surface area contributed by atoms with Gasteiger partial charge in [-0.25, -0.2) is 4.39 Å². The Morgan fingerprint density at radius 1 is 1.50 bits per heavy atom. The lowest BCUT2D eigenvalue weighted by Gasteiger charge is -2.29. The molecule has 2 aromatic rings. The first-order valence-electron chi connectivity index (χ1n) is 7.02. The number of thiophene rings is 1. The van der Waals surface area contributed by atoms with E-state index in [1.807, 2.05) is 6.92 Å². The third-order valence-electron chi connectivity index (χ3n) is 3.65. The highest BCUT2D eigenvalue weighted by Crippen LogP contribution is 2.32. The lowest BCUT2D eigenvalue weighted by molar-refractivity contribution is 0.0728. The Bertz CT molecular complexity index is 677. The van der Waals surface area contributed by atoms with Crippen molar-refractivity contribution < 1.29 is 19.0 Å². The maximum absolute atomic E-state index is 13.9. The van der Waals surface area contributed by atoms with Crippen molar-refractivity contribution in [1.82, 2.24) is 5.32 Å². The molecule has 0 saturated heterocycles. The summed E-state index contributed by atoms with van der Waals surface area (Å²) >= 11 is 1.27. The number of benzene rings is 1. The van der Waals surface area contributed by atoms with E-state index >= 15 is 0 Å². The zero-order valence-corrected chi connectivity index (χ0v) is 13.7. The molecule has 22 heavy (non-hydrogen) atoms. The van der Waals surface area contributed by atoms with Gasteiger partial charge in [-0.15, -0.1) is 11.3 Å². The molecule has 0 aliphatic rings. The minimum Gasteiger partial charge on any atom is -0.396 e. The number of hydrogen-bond donors (Lipinski definition) is 2.